The number of nitrogens with zero attached hydrogens (tertiary/aromatic N) is 4. The predicted molar refractivity (Wildman–Crippen MR) is 94.3 cm³/mol. The molecule has 0 N–H and O–H groups in total. The number of likely N-dealkylation sites (tertiary alicyclic amines) is 1. The molecule has 8 heteroatoms. The van der Waals surface area contributed by atoms with Crippen molar-refractivity contribution < 1.29 is 9.53 Å². The molecule has 134 valence electrons. The van der Waals surface area contributed by atoms with Gasteiger partial charge in [-0.2, -0.15) is 0 Å². The van der Waals surface area contributed by atoms with Crippen LogP contribution in [-0.4, -0.2) is 57.6 Å². The van der Waals surface area contributed by atoms with E-state index in [1.165, 1.54) is 0 Å². The number of ether oxygens (including phenoxy) is 1. The van der Waals surface area contributed by atoms with Crippen molar-refractivity contribution >= 4 is 29.3 Å². The molecule has 2 rings (SSSR count). The van der Waals surface area contributed by atoms with Crippen LogP contribution in [0.5, 0.6) is 0 Å². The van der Waals surface area contributed by atoms with Crippen molar-refractivity contribution in [1.29, 1.82) is 0 Å². The molecular weight excluding hydrogens is 351 g/mol. The summed E-state index contributed by atoms with van der Waals surface area (Å²) in [4.78, 5) is 24.2. The Labute approximate surface area is 153 Å². The number of carbonyl (C=O) groups excluding carboxylic acids is 1. The van der Waals surface area contributed by atoms with Crippen molar-refractivity contribution in [3.05, 3.63) is 22.2 Å². The topological polar surface area (TPSA) is 58.6 Å². The van der Waals surface area contributed by atoms with Gasteiger partial charge in [0.25, 0.3) is 0 Å². The lowest BCUT2D eigenvalue weighted by Gasteiger charge is -2.31. The number of amides is 1. The quantitative estimate of drug-likeness (QED) is 0.594. The Bertz CT molecular complexity index is 592. The first kappa shape index (κ1) is 19.2. The van der Waals surface area contributed by atoms with Crippen LogP contribution in [0, 0.1) is 0 Å². The smallest absolute Gasteiger partial charge is 0.410 e. The Morgan fingerprint density at radius 1 is 1.46 bits per heavy atom. The van der Waals surface area contributed by atoms with Gasteiger partial charge in [-0.15, -0.1) is 0 Å². The number of rotatable bonds is 4. The summed E-state index contributed by atoms with van der Waals surface area (Å²) in [5, 5.41) is 0.496. The maximum atomic E-state index is 12.3. The summed E-state index contributed by atoms with van der Waals surface area (Å²) in [6.07, 6.45) is 3.34. The van der Waals surface area contributed by atoms with Crippen LogP contribution in [0.15, 0.2) is 6.20 Å². The maximum absolute atomic E-state index is 12.3. The van der Waals surface area contributed by atoms with Crippen molar-refractivity contribution in [2.75, 3.05) is 20.1 Å². The van der Waals surface area contributed by atoms with Gasteiger partial charge in [0.15, 0.2) is 0 Å². The van der Waals surface area contributed by atoms with E-state index in [2.05, 4.69) is 14.9 Å². The number of carbonyl (C=O) groups is 1. The van der Waals surface area contributed by atoms with Crippen LogP contribution in [0.3, 0.4) is 0 Å². The molecule has 24 heavy (non-hydrogen) atoms. The highest BCUT2D eigenvalue weighted by atomic mass is 35.5. The van der Waals surface area contributed by atoms with Crippen LogP contribution >= 0.6 is 23.2 Å². The van der Waals surface area contributed by atoms with Gasteiger partial charge in [-0.3, -0.25) is 4.90 Å². The molecule has 1 aliphatic heterocycles. The van der Waals surface area contributed by atoms with Crippen LogP contribution < -0.4 is 0 Å². The third-order valence-corrected chi connectivity index (χ3v) is 4.26. The minimum Gasteiger partial charge on any atom is -0.444 e. The van der Waals surface area contributed by atoms with E-state index in [0.29, 0.717) is 11.7 Å². The Balaban J connectivity index is 1.94. The van der Waals surface area contributed by atoms with E-state index in [1.807, 2.05) is 32.7 Å². The summed E-state index contributed by atoms with van der Waals surface area (Å²) in [6, 6.07) is 0.136. The third-order valence-electron chi connectivity index (χ3n) is 3.75. The standard InChI is InChI=1S/C16H24Cl2N4O2/c1-16(2,3)24-15(23)22-7-5-6-12(22)10-21(4)9-11-8-19-14(18)20-13(11)17/h8,12H,5-7,9-10H2,1-4H3. The molecule has 6 nitrogen and oxygen atoms in total. The van der Waals surface area contributed by atoms with E-state index in [-0.39, 0.29) is 17.4 Å². The van der Waals surface area contributed by atoms with E-state index in [9.17, 15) is 4.79 Å². The summed E-state index contributed by atoms with van der Waals surface area (Å²) >= 11 is 11.8. The van der Waals surface area contributed by atoms with Crippen molar-refractivity contribution in [2.45, 2.75) is 51.8 Å². The van der Waals surface area contributed by atoms with Crippen LogP contribution in [0.4, 0.5) is 4.79 Å². The molecule has 0 spiro atoms. The lowest BCUT2D eigenvalue weighted by molar-refractivity contribution is 0.0201. The summed E-state index contributed by atoms with van der Waals surface area (Å²) in [5.74, 6) is 0. The fourth-order valence-electron chi connectivity index (χ4n) is 2.77. The molecule has 1 aromatic rings. The predicted octanol–water partition coefficient (Wildman–Crippen LogP) is 3.61. The Kier molecular flexibility index (Phi) is 6.28. The molecule has 1 aromatic heterocycles. The molecule has 0 saturated carbocycles. The van der Waals surface area contributed by atoms with Gasteiger partial charge in [0.1, 0.15) is 10.8 Å². The monoisotopic (exact) mass is 374 g/mol. The van der Waals surface area contributed by atoms with Gasteiger partial charge in [0.05, 0.1) is 0 Å². The first-order valence-electron chi connectivity index (χ1n) is 8.01. The van der Waals surface area contributed by atoms with Gasteiger partial charge in [-0.25, -0.2) is 14.8 Å². The molecule has 0 aromatic carbocycles. The molecule has 1 fully saturated rings. The fraction of sp³-hybridized carbons (Fsp3) is 0.688. The van der Waals surface area contributed by atoms with E-state index in [4.69, 9.17) is 27.9 Å². The molecule has 1 aliphatic rings. The second-order valence-corrected chi connectivity index (χ2v) is 7.82. The van der Waals surface area contributed by atoms with E-state index in [1.54, 1.807) is 6.20 Å². The lowest BCUT2D eigenvalue weighted by atomic mass is 10.2. The average molecular weight is 375 g/mol. The second-order valence-electron chi connectivity index (χ2n) is 7.12. The normalized spacial score (nSPS) is 18.3. The second kappa shape index (κ2) is 7.85. The van der Waals surface area contributed by atoms with Gasteiger partial charge >= 0.3 is 6.09 Å². The summed E-state index contributed by atoms with van der Waals surface area (Å²) in [7, 11) is 1.98. The minimum atomic E-state index is -0.482. The van der Waals surface area contributed by atoms with Gasteiger partial charge in [0, 0.05) is 37.4 Å². The van der Waals surface area contributed by atoms with E-state index in [0.717, 1.165) is 31.5 Å². The molecule has 0 radical (unpaired) electrons. The zero-order valence-corrected chi connectivity index (χ0v) is 16.1. The van der Waals surface area contributed by atoms with Crippen molar-refractivity contribution in [3.8, 4) is 0 Å². The highest BCUT2D eigenvalue weighted by Crippen LogP contribution is 2.22. The van der Waals surface area contributed by atoms with Gasteiger partial charge < -0.3 is 9.64 Å². The van der Waals surface area contributed by atoms with Crippen LogP contribution in [0.25, 0.3) is 0 Å². The summed E-state index contributed by atoms with van der Waals surface area (Å²) < 4.78 is 5.50. The maximum Gasteiger partial charge on any atom is 0.410 e. The number of hydrogen-bond donors (Lipinski definition) is 0. The van der Waals surface area contributed by atoms with Crippen LogP contribution in [0.2, 0.25) is 10.4 Å². The van der Waals surface area contributed by atoms with E-state index >= 15 is 0 Å². The molecule has 0 aliphatic carbocycles. The molecule has 1 atom stereocenters. The largest absolute Gasteiger partial charge is 0.444 e. The summed E-state index contributed by atoms with van der Waals surface area (Å²) in [6.45, 7) is 7.70. The third kappa shape index (κ3) is 5.46. The van der Waals surface area contributed by atoms with Crippen LogP contribution in [0.1, 0.15) is 39.2 Å². The molecule has 2 heterocycles. The average Bonchev–Trinajstić information content (AvgIpc) is 2.88. The van der Waals surface area contributed by atoms with Gasteiger partial charge in [0.2, 0.25) is 5.28 Å². The molecule has 1 amide bonds. The zero-order chi connectivity index (χ0) is 17.9. The van der Waals surface area contributed by atoms with Crippen molar-refractivity contribution in [3.63, 3.8) is 0 Å². The molecule has 1 unspecified atom stereocenters. The van der Waals surface area contributed by atoms with E-state index < -0.39 is 5.60 Å². The minimum absolute atomic E-state index is 0.136. The number of likely N-dealkylation sites (N-methyl/N-ethyl adjacent to an activating group) is 1. The lowest BCUT2D eigenvalue weighted by Crippen LogP contribution is -2.44. The highest BCUT2D eigenvalue weighted by Gasteiger charge is 2.32. The number of halogens is 2. The van der Waals surface area contributed by atoms with Gasteiger partial charge in [-0.1, -0.05) is 11.6 Å². The summed E-state index contributed by atoms with van der Waals surface area (Å²) in [5.41, 5.74) is 0.329. The fourth-order valence-corrected chi connectivity index (χ4v) is 3.14. The number of aromatic nitrogens is 2. The Morgan fingerprint density at radius 2 is 2.17 bits per heavy atom. The van der Waals surface area contributed by atoms with Crippen molar-refractivity contribution in [2.24, 2.45) is 0 Å². The SMILES string of the molecule is CN(Cc1cnc(Cl)nc1Cl)CC1CCCN1C(=O)OC(C)(C)C. The van der Waals surface area contributed by atoms with Crippen molar-refractivity contribution in [1.82, 2.24) is 19.8 Å². The first-order chi connectivity index (χ1) is 11.2. The zero-order valence-electron chi connectivity index (χ0n) is 14.6. The molecule has 1 saturated heterocycles. The Hall–Kier alpha value is -1.11. The van der Waals surface area contributed by atoms with Gasteiger partial charge in [-0.05, 0) is 52.3 Å². The Morgan fingerprint density at radius 3 is 2.79 bits per heavy atom. The number of hydrogen-bond acceptors (Lipinski definition) is 5. The highest BCUT2D eigenvalue weighted by molar-refractivity contribution is 6.32. The first-order valence-corrected chi connectivity index (χ1v) is 8.76. The molecule has 0 bridgehead atoms. The van der Waals surface area contributed by atoms with Crippen LogP contribution in [-0.2, 0) is 11.3 Å². The molecular formula is C16H24Cl2N4O2.